The summed E-state index contributed by atoms with van der Waals surface area (Å²) in [5, 5.41) is 8.43. The zero-order chi connectivity index (χ0) is 24.9. The first-order valence-electron chi connectivity index (χ1n) is 13.0. The molecule has 0 saturated heterocycles. The normalized spacial score (nSPS) is 14.1. The van der Waals surface area contributed by atoms with Gasteiger partial charge in [0.2, 0.25) is 0 Å². The average molecular weight is 483 g/mol. The molecule has 192 valence electrons. The molecule has 1 aliphatic rings. The molecule has 1 unspecified atom stereocenters. The van der Waals surface area contributed by atoms with Gasteiger partial charge in [0.1, 0.15) is 17.8 Å². The highest BCUT2D eigenvalue weighted by molar-refractivity contribution is 5.86. The minimum Gasteiger partial charge on any atom is -0.496 e. The van der Waals surface area contributed by atoms with Crippen LogP contribution in [0.2, 0.25) is 0 Å². The number of unbranched alkanes of at least 4 members (excludes halogenated alkanes) is 8. The summed E-state index contributed by atoms with van der Waals surface area (Å²) in [4.78, 5) is 0. The highest BCUT2D eigenvalue weighted by atomic mass is 16.5. The van der Waals surface area contributed by atoms with E-state index >= 15 is 0 Å². The second kappa shape index (κ2) is 14.5. The van der Waals surface area contributed by atoms with E-state index in [2.05, 4.69) is 53.0 Å². The summed E-state index contributed by atoms with van der Waals surface area (Å²) >= 11 is 0. The summed E-state index contributed by atoms with van der Waals surface area (Å²) in [6, 6.07) is 14.4. The Morgan fingerprint density at radius 3 is 1.97 bits per heavy atom. The number of hydrogen-bond donors (Lipinski definition) is 1. The molecule has 0 radical (unpaired) electrons. The Morgan fingerprint density at radius 2 is 1.40 bits per heavy atom. The Morgan fingerprint density at radius 1 is 0.800 bits per heavy atom. The molecule has 1 aliphatic heterocycles. The van der Waals surface area contributed by atoms with Gasteiger partial charge in [0, 0.05) is 12.1 Å². The van der Waals surface area contributed by atoms with Gasteiger partial charge in [-0.15, -0.1) is 5.12 Å². The fourth-order valence-corrected chi connectivity index (χ4v) is 4.60. The summed E-state index contributed by atoms with van der Waals surface area (Å²) in [6.07, 6.45) is 14.6. The standard InChI is InChI=1S/C28H42N4O3/c1-5-6-7-8-9-10-11-12-16-19-25(23-17-14-13-15-18-23)32-30-29-22-31(32)28-26(34-3)20-24(33-2)21-27(28)35-4/h13-15,17-18,20-22,25,30H,5-12,16,19H2,1-4H3. The molecule has 0 bridgehead atoms. The van der Waals surface area contributed by atoms with Crippen LogP contribution < -0.4 is 24.8 Å². The molecule has 2 aromatic carbocycles. The third-order valence-corrected chi connectivity index (χ3v) is 6.54. The molecule has 35 heavy (non-hydrogen) atoms. The molecule has 0 spiro atoms. The van der Waals surface area contributed by atoms with Crippen molar-refractivity contribution in [2.45, 2.75) is 77.2 Å². The first-order chi connectivity index (χ1) is 17.2. The minimum atomic E-state index is 0.0970. The number of hydrazine groups is 2. The van der Waals surface area contributed by atoms with Crippen LogP contribution in [0.5, 0.6) is 17.2 Å². The minimum absolute atomic E-state index is 0.0970. The van der Waals surface area contributed by atoms with Crippen LogP contribution in [0.25, 0.3) is 0 Å². The van der Waals surface area contributed by atoms with E-state index in [-0.39, 0.29) is 6.04 Å². The summed E-state index contributed by atoms with van der Waals surface area (Å²) in [5.41, 5.74) is 5.22. The summed E-state index contributed by atoms with van der Waals surface area (Å²) in [5.74, 6) is 1.97. The van der Waals surface area contributed by atoms with E-state index in [0.717, 1.165) is 18.5 Å². The van der Waals surface area contributed by atoms with Crippen LogP contribution in [-0.2, 0) is 0 Å². The highest BCUT2D eigenvalue weighted by Gasteiger charge is 2.32. The van der Waals surface area contributed by atoms with E-state index < -0.39 is 0 Å². The van der Waals surface area contributed by atoms with Crippen molar-refractivity contribution < 1.29 is 14.2 Å². The summed E-state index contributed by atoms with van der Waals surface area (Å²) < 4.78 is 16.9. The van der Waals surface area contributed by atoms with Crippen LogP contribution in [0, 0.1) is 0 Å². The predicted octanol–water partition coefficient (Wildman–Crippen LogP) is 6.86. The Kier molecular flexibility index (Phi) is 11.0. The Hall–Kier alpha value is -2.93. The largest absolute Gasteiger partial charge is 0.496 e. The maximum absolute atomic E-state index is 5.72. The van der Waals surface area contributed by atoms with Crippen LogP contribution in [0.3, 0.4) is 0 Å². The van der Waals surface area contributed by atoms with E-state index in [1.807, 2.05) is 17.1 Å². The third-order valence-electron chi connectivity index (χ3n) is 6.54. The molecule has 7 heteroatoms. The van der Waals surface area contributed by atoms with Gasteiger partial charge in [-0.25, -0.2) is 10.5 Å². The van der Waals surface area contributed by atoms with Gasteiger partial charge in [-0.05, 0) is 12.0 Å². The van der Waals surface area contributed by atoms with Gasteiger partial charge in [0.25, 0.3) is 0 Å². The van der Waals surface area contributed by atoms with Crippen molar-refractivity contribution in [2.24, 2.45) is 5.10 Å². The molecular formula is C28H42N4O3. The molecule has 0 aliphatic carbocycles. The second-order valence-corrected chi connectivity index (χ2v) is 8.96. The molecule has 3 rings (SSSR count). The number of methoxy groups -OCH3 is 3. The van der Waals surface area contributed by atoms with Gasteiger partial charge in [0.15, 0.2) is 11.5 Å². The zero-order valence-corrected chi connectivity index (χ0v) is 21.8. The first kappa shape index (κ1) is 26.7. The van der Waals surface area contributed by atoms with Crippen LogP contribution in [0.4, 0.5) is 5.69 Å². The molecule has 1 N–H and O–H groups in total. The second-order valence-electron chi connectivity index (χ2n) is 8.96. The van der Waals surface area contributed by atoms with E-state index in [4.69, 9.17) is 14.2 Å². The number of benzene rings is 2. The van der Waals surface area contributed by atoms with Gasteiger partial charge in [0.05, 0.1) is 27.4 Å². The Balaban J connectivity index is 1.73. The van der Waals surface area contributed by atoms with Crippen LogP contribution in [0.1, 0.15) is 82.7 Å². The lowest BCUT2D eigenvalue weighted by Gasteiger charge is -2.35. The molecule has 0 fully saturated rings. The topological polar surface area (TPSA) is 58.6 Å². The Bertz CT molecular complexity index is 881. The van der Waals surface area contributed by atoms with E-state index in [1.165, 1.54) is 56.9 Å². The van der Waals surface area contributed by atoms with Crippen molar-refractivity contribution in [3.05, 3.63) is 48.0 Å². The fourth-order valence-electron chi connectivity index (χ4n) is 4.60. The van der Waals surface area contributed by atoms with Crippen LogP contribution >= 0.6 is 0 Å². The molecule has 7 nitrogen and oxygen atoms in total. The lowest BCUT2D eigenvalue weighted by molar-refractivity contribution is 0.138. The Labute approximate surface area is 211 Å². The van der Waals surface area contributed by atoms with Crippen molar-refractivity contribution >= 4 is 12.0 Å². The molecule has 0 aromatic heterocycles. The lowest BCUT2D eigenvalue weighted by Crippen LogP contribution is -2.46. The van der Waals surface area contributed by atoms with Crippen molar-refractivity contribution in [3.8, 4) is 17.2 Å². The number of nitrogens with zero attached hydrogens (tertiary/aromatic N) is 3. The van der Waals surface area contributed by atoms with E-state index in [0.29, 0.717) is 17.2 Å². The molecule has 1 atom stereocenters. The van der Waals surface area contributed by atoms with Gasteiger partial charge in [-0.3, -0.25) is 0 Å². The van der Waals surface area contributed by atoms with Gasteiger partial charge in [-0.1, -0.05) is 95.0 Å². The third kappa shape index (κ3) is 7.28. The summed E-state index contributed by atoms with van der Waals surface area (Å²) in [7, 11) is 4.94. The number of ether oxygens (including phenoxy) is 3. The zero-order valence-electron chi connectivity index (χ0n) is 21.8. The first-order valence-corrected chi connectivity index (χ1v) is 13.0. The van der Waals surface area contributed by atoms with Gasteiger partial charge in [-0.2, -0.15) is 5.10 Å². The molecule has 1 heterocycles. The molecular weight excluding hydrogens is 440 g/mol. The quantitative estimate of drug-likeness (QED) is 0.264. The maximum Gasteiger partial charge on any atom is 0.151 e. The molecule has 0 saturated carbocycles. The van der Waals surface area contributed by atoms with Crippen molar-refractivity contribution in [2.75, 3.05) is 26.3 Å². The van der Waals surface area contributed by atoms with Gasteiger partial charge < -0.3 is 14.2 Å². The smallest absolute Gasteiger partial charge is 0.151 e. The summed E-state index contributed by atoms with van der Waals surface area (Å²) in [6.45, 7) is 2.27. The maximum atomic E-state index is 5.72. The molecule has 2 aromatic rings. The van der Waals surface area contributed by atoms with Gasteiger partial charge >= 0.3 is 0 Å². The molecule has 0 amide bonds. The average Bonchev–Trinajstić information content (AvgIpc) is 3.38. The van der Waals surface area contributed by atoms with Crippen molar-refractivity contribution in [1.29, 1.82) is 0 Å². The van der Waals surface area contributed by atoms with Crippen LogP contribution in [-0.4, -0.2) is 32.8 Å². The number of nitrogens with one attached hydrogen (secondary N) is 1. The highest BCUT2D eigenvalue weighted by Crippen LogP contribution is 2.43. The number of hydrogen-bond acceptors (Lipinski definition) is 7. The van der Waals surface area contributed by atoms with Crippen molar-refractivity contribution in [3.63, 3.8) is 0 Å². The monoisotopic (exact) mass is 482 g/mol. The van der Waals surface area contributed by atoms with Crippen molar-refractivity contribution in [1.82, 2.24) is 10.7 Å². The number of anilines is 1. The van der Waals surface area contributed by atoms with E-state index in [9.17, 15) is 0 Å². The van der Waals surface area contributed by atoms with E-state index in [1.54, 1.807) is 27.7 Å². The predicted molar refractivity (Wildman–Crippen MR) is 143 cm³/mol. The SMILES string of the molecule is CCCCCCCCCCCC(c1ccccc1)N1NN=CN1c1c(OC)cc(OC)cc1OC. The number of rotatable bonds is 16. The lowest BCUT2D eigenvalue weighted by atomic mass is 9.99. The fraction of sp³-hybridized carbons (Fsp3) is 0.536. The number of hydrazone groups is 1. The van der Waals surface area contributed by atoms with Crippen LogP contribution in [0.15, 0.2) is 47.6 Å².